The highest BCUT2D eigenvalue weighted by Crippen LogP contribution is 2.47. The second-order valence-electron chi connectivity index (χ2n) is 4.20. The van der Waals surface area contributed by atoms with Crippen molar-refractivity contribution in [1.29, 1.82) is 0 Å². The van der Waals surface area contributed by atoms with E-state index in [1.54, 1.807) is 7.11 Å². The van der Waals surface area contributed by atoms with Gasteiger partial charge in [-0.15, -0.1) is 6.58 Å². The Morgan fingerprint density at radius 3 is 2.85 bits per heavy atom. The van der Waals surface area contributed by atoms with Crippen LogP contribution in [0.5, 0.6) is 0 Å². The normalized spacial score (nSPS) is 48.0. The quantitative estimate of drug-likeness (QED) is 0.654. The predicted molar refractivity (Wildman–Crippen MR) is 53.3 cm³/mol. The molecule has 0 aliphatic heterocycles. The number of hydrogen-bond acceptors (Lipinski definition) is 2. The van der Waals surface area contributed by atoms with Gasteiger partial charge in [0.25, 0.3) is 0 Å². The van der Waals surface area contributed by atoms with Crippen LogP contribution in [0.15, 0.2) is 24.8 Å². The number of allylic oxidation sites excluding steroid dienone is 1. The van der Waals surface area contributed by atoms with Crippen LogP contribution in [0.2, 0.25) is 0 Å². The van der Waals surface area contributed by atoms with E-state index in [4.69, 9.17) is 10.5 Å². The van der Waals surface area contributed by atoms with Gasteiger partial charge in [-0.2, -0.15) is 0 Å². The Morgan fingerprint density at radius 2 is 2.46 bits per heavy atom. The van der Waals surface area contributed by atoms with Crippen LogP contribution in [0, 0.1) is 5.92 Å². The van der Waals surface area contributed by atoms with E-state index in [0.717, 1.165) is 12.8 Å². The Labute approximate surface area is 79.5 Å². The Kier molecular flexibility index (Phi) is 1.86. The molecule has 72 valence electrons. The largest absolute Gasteiger partial charge is 0.372 e. The molecule has 0 radical (unpaired) electrons. The van der Waals surface area contributed by atoms with E-state index < -0.39 is 0 Å². The summed E-state index contributed by atoms with van der Waals surface area (Å²) in [6.07, 6.45) is 9.41. The third-order valence-electron chi connectivity index (χ3n) is 3.64. The van der Waals surface area contributed by atoms with Crippen molar-refractivity contribution in [3.05, 3.63) is 24.8 Å². The lowest BCUT2D eigenvalue weighted by atomic mass is 9.61. The summed E-state index contributed by atoms with van der Waals surface area (Å²) in [6, 6.07) is 0. The van der Waals surface area contributed by atoms with E-state index in [1.165, 1.54) is 6.42 Å². The Bertz CT molecular complexity index is 261. The van der Waals surface area contributed by atoms with Crippen molar-refractivity contribution in [3.63, 3.8) is 0 Å². The van der Waals surface area contributed by atoms with Gasteiger partial charge in [0.05, 0.1) is 5.54 Å². The average Bonchev–Trinajstić information content (AvgIpc) is 2.19. The molecule has 0 heterocycles. The molecule has 3 aliphatic rings. The van der Waals surface area contributed by atoms with Crippen LogP contribution in [0.25, 0.3) is 0 Å². The molecule has 2 N–H and O–H groups in total. The minimum Gasteiger partial charge on any atom is -0.372 e. The maximum atomic E-state index is 6.29. The van der Waals surface area contributed by atoms with Crippen LogP contribution in [0.1, 0.15) is 19.3 Å². The van der Waals surface area contributed by atoms with Crippen molar-refractivity contribution in [2.45, 2.75) is 30.4 Å². The molecule has 1 fully saturated rings. The molecule has 2 nitrogen and oxygen atoms in total. The molecule has 2 heteroatoms. The van der Waals surface area contributed by atoms with Crippen molar-refractivity contribution >= 4 is 0 Å². The topological polar surface area (TPSA) is 35.2 Å². The van der Waals surface area contributed by atoms with Crippen LogP contribution >= 0.6 is 0 Å². The Balaban J connectivity index is 2.43. The summed E-state index contributed by atoms with van der Waals surface area (Å²) in [5.41, 5.74) is 5.64. The molecule has 0 amide bonds. The Morgan fingerprint density at radius 1 is 1.69 bits per heavy atom. The summed E-state index contributed by atoms with van der Waals surface area (Å²) in [6.45, 7) is 3.83. The molecule has 0 aromatic rings. The van der Waals surface area contributed by atoms with Crippen LogP contribution in [-0.2, 0) is 4.74 Å². The van der Waals surface area contributed by atoms with Gasteiger partial charge in [-0.3, -0.25) is 0 Å². The number of hydrogen-bond donors (Lipinski definition) is 1. The monoisotopic (exact) mass is 179 g/mol. The average molecular weight is 179 g/mol. The third-order valence-corrected chi connectivity index (χ3v) is 3.64. The van der Waals surface area contributed by atoms with Crippen LogP contribution in [0.3, 0.4) is 0 Å². The van der Waals surface area contributed by atoms with E-state index in [2.05, 4.69) is 18.7 Å². The number of ether oxygens (including phenoxy) is 1. The zero-order valence-corrected chi connectivity index (χ0v) is 8.12. The molecule has 1 saturated carbocycles. The predicted octanol–water partition coefficient (Wildman–Crippen LogP) is 1.63. The van der Waals surface area contributed by atoms with Gasteiger partial charge in [0, 0.05) is 7.11 Å². The van der Waals surface area contributed by atoms with Gasteiger partial charge >= 0.3 is 0 Å². The van der Waals surface area contributed by atoms with Gasteiger partial charge in [0.15, 0.2) is 0 Å². The lowest BCUT2D eigenvalue weighted by molar-refractivity contribution is -0.0583. The SMILES string of the molecule is C=CC1(N)CC2C=CC1(OC)CC2. The molecule has 3 atom stereocenters. The van der Waals surface area contributed by atoms with E-state index in [9.17, 15) is 0 Å². The van der Waals surface area contributed by atoms with E-state index in [-0.39, 0.29) is 11.1 Å². The lowest BCUT2D eigenvalue weighted by Crippen LogP contribution is -2.64. The first kappa shape index (κ1) is 8.97. The van der Waals surface area contributed by atoms with Crippen LogP contribution in [0.4, 0.5) is 0 Å². The molecule has 3 aliphatic carbocycles. The fourth-order valence-electron chi connectivity index (χ4n) is 2.65. The maximum Gasteiger partial charge on any atom is 0.107 e. The highest BCUT2D eigenvalue weighted by Gasteiger charge is 2.52. The summed E-state index contributed by atoms with van der Waals surface area (Å²) < 4.78 is 5.59. The van der Waals surface area contributed by atoms with Gasteiger partial charge in [0.2, 0.25) is 0 Å². The van der Waals surface area contributed by atoms with Crippen LogP contribution in [-0.4, -0.2) is 18.2 Å². The third kappa shape index (κ3) is 1.02. The zero-order valence-electron chi connectivity index (χ0n) is 8.12. The molecular weight excluding hydrogens is 162 g/mol. The Hall–Kier alpha value is -0.600. The second-order valence-corrected chi connectivity index (χ2v) is 4.20. The van der Waals surface area contributed by atoms with Gasteiger partial charge in [-0.25, -0.2) is 0 Å². The van der Waals surface area contributed by atoms with Gasteiger partial charge in [-0.05, 0) is 25.2 Å². The molecule has 13 heavy (non-hydrogen) atoms. The standard InChI is InChI=1S/C11H17NO/c1-3-10(12)8-9-4-6-11(10,13-2)7-5-9/h3-4,6,9H,1,5,7-8,12H2,2H3. The molecule has 0 saturated heterocycles. The summed E-state index contributed by atoms with van der Waals surface area (Å²) in [7, 11) is 1.74. The molecule has 0 spiro atoms. The summed E-state index contributed by atoms with van der Waals surface area (Å²) in [4.78, 5) is 0. The molecule has 0 aromatic carbocycles. The molecular formula is C11H17NO. The number of rotatable bonds is 2. The molecule has 0 aromatic heterocycles. The second kappa shape index (κ2) is 2.69. The minimum absolute atomic E-state index is 0.288. The fraction of sp³-hybridized carbons (Fsp3) is 0.636. The number of fused-ring (bicyclic) bond motifs is 2. The zero-order chi connectivity index (χ0) is 9.53. The van der Waals surface area contributed by atoms with Gasteiger partial charge < -0.3 is 10.5 Å². The highest BCUT2D eigenvalue weighted by atomic mass is 16.5. The van der Waals surface area contributed by atoms with Crippen molar-refractivity contribution in [2.75, 3.05) is 7.11 Å². The first-order chi connectivity index (χ1) is 6.16. The smallest absolute Gasteiger partial charge is 0.107 e. The van der Waals surface area contributed by atoms with Crippen molar-refractivity contribution in [3.8, 4) is 0 Å². The number of methoxy groups -OCH3 is 1. The summed E-state index contributed by atoms with van der Waals surface area (Å²) in [5, 5.41) is 0. The summed E-state index contributed by atoms with van der Waals surface area (Å²) >= 11 is 0. The van der Waals surface area contributed by atoms with Crippen LogP contribution < -0.4 is 5.73 Å². The fourth-order valence-corrected chi connectivity index (χ4v) is 2.65. The van der Waals surface area contributed by atoms with Gasteiger partial charge in [0.1, 0.15) is 5.60 Å². The molecule has 3 rings (SSSR count). The maximum absolute atomic E-state index is 6.29. The minimum atomic E-state index is -0.362. The lowest BCUT2D eigenvalue weighted by Gasteiger charge is -2.52. The van der Waals surface area contributed by atoms with Crippen molar-refractivity contribution in [2.24, 2.45) is 11.7 Å². The van der Waals surface area contributed by atoms with E-state index in [0.29, 0.717) is 5.92 Å². The van der Waals surface area contributed by atoms with Gasteiger partial charge in [-0.1, -0.05) is 18.2 Å². The van der Waals surface area contributed by atoms with Crippen molar-refractivity contribution in [1.82, 2.24) is 0 Å². The first-order valence-electron chi connectivity index (χ1n) is 4.83. The van der Waals surface area contributed by atoms with E-state index >= 15 is 0 Å². The summed E-state index contributed by atoms with van der Waals surface area (Å²) in [5.74, 6) is 0.625. The first-order valence-corrected chi connectivity index (χ1v) is 4.83. The van der Waals surface area contributed by atoms with E-state index in [1.807, 2.05) is 6.08 Å². The highest BCUT2D eigenvalue weighted by molar-refractivity contribution is 5.30. The molecule has 3 unspecified atom stereocenters. The van der Waals surface area contributed by atoms with Crippen molar-refractivity contribution < 1.29 is 4.74 Å². The number of nitrogens with two attached hydrogens (primary N) is 1. The molecule has 2 bridgehead atoms.